The molecule has 0 atom stereocenters. The van der Waals surface area contributed by atoms with Crippen molar-refractivity contribution in [3.63, 3.8) is 0 Å². The van der Waals surface area contributed by atoms with Crippen LogP contribution in [0, 0.1) is 6.92 Å². The molecule has 1 aromatic rings. The molecule has 0 fully saturated rings. The van der Waals surface area contributed by atoms with Crippen LogP contribution < -0.4 is 5.73 Å². The number of hydrogen-bond acceptors (Lipinski definition) is 2. The van der Waals surface area contributed by atoms with Crippen LogP contribution in [0.15, 0.2) is 24.3 Å². The average Bonchev–Trinajstić information content (AvgIpc) is 2.10. The van der Waals surface area contributed by atoms with Crippen LogP contribution in [-0.4, -0.2) is 11.1 Å². The summed E-state index contributed by atoms with van der Waals surface area (Å²) in [5, 5.41) is 8.44. The molecule has 3 N–H and O–H groups in total. The largest absolute Gasteiger partial charge is 0.481 e. The number of carboxylic acid groups (broad SMARTS) is 1. The van der Waals surface area contributed by atoms with Crippen LogP contribution in [0.1, 0.15) is 17.5 Å². The molecule has 0 aliphatic rings. The van der Waals surface area contributed by atoms with E-state index < -0.39 is 5.97 Å². The van der Waals surface area contributed by atoms with Gasteiger partial charge in [0.25, 0.3) is 0 Å². The molecule has 3 heteroatoms. The lowest BCUT2D eigenvalue weighted by Gasteiger charge is -2.00. The Labute approximate surface area is 82.9 Å². The first-order valence-electron chi connectivity index (χ1n) is 4.34. The molecule has 0 unspecified atom stereocenters. The minimum atomic E-state index is -0.831. The van der Waals surface area contributed by atoms with Gasteiger partial charge in [0.1, 0.15) is 0 Å². The standard InChI is InChI=1S/C11H13NO2/c1-8-5-6-10(12)7-9(8)3-2-4-11(13)14/h2-3,5-7H,4,12H2,1H3,(H,13,14). The summed E-state index contributed by atoms with van der Waals surface area (Å²) in [4.78, 5) is 10.3. The topological polar surface area (TPSA) is 63.3 Å². The van der Waals surface area contributed by atoms with E-state index in [0.29, 0.717) is 5.69 Å². The number of hydrogen-bond donors (Lipinski definition) is 2. The SMILES string of the molecule is Cc1ccc(N)cc1C=CCC(=O)O. The first-order valence-corrected chi connectivity index (χ1v) is 4.34. The zero-order valence-electron chi connectivity index (χ0n) is 8.03. The number of carbonyl (C=O) groups is 1. The van der Waals surface area contributed by atoms with E-state index in [2.05, 4.69) is 0 Å². The number of benzene rings is 1. The monoisotopic (exact) mass is 191 g/mol. The fourth-order valence-corrected chi connectivity index (χ4v) is 1.13. The van der Waals surface area contributed by atoms with Crippen molar-refractivity contribution < 1.29 is 9.90 Å². The Kier molecular flexibility index (Phi) is 3.29. The Balaban J connectivity index is 2.80. The molecular weight excluding hydrogens is 178 g/mol. The predicted octanol–water partition coefficient (Wildman–Crippen LogP) is 2.07. The third-order valence-corrected chi connectivity index (χ3v) is 1.89. The van der Waals surface area contributed by atoms with Crippen molar-refractivity contribution in [1.29, 1.82) is 0 Å². The van der Waals surface area contributed by atoms with E-state index in [1.165, 1.54) is 0 Å². The molecule has 14 heavy (non-hydrogen) atoms. The highest BCUT2D eigenvalue weighted by Gasteiger charge is 1.95. The lowest BCUT2D eigenvalue weighted by atomic mass is 10.1. The van der Waals surface area contributed by atoms with Gasteiger partial charge in [0, 0.05) is 5.69 Å². The van der Waals surface area contributed by atoms with Gasteiger partial charge in [-0.1, -0.05) is 18.2 Å². The van der Waals surface area contributed by atoms with Crippen molar-refractivity contribution in [1.82, 2.24) is 0 Å². The van der Waals surface area contributed by atoms with Crippen molar-refractivity contribution >= 4 is 17.7 Å². The van der Waals surface area contributed by atoms with Crippen molar-refractivity contribution in [2.75, 3.05) is 5.73 Å². The summed E-state index contributed by atoms with van der Waals surface area (Å²) < 4.78 is 0. The molecule has 0 radical (unpaired) electrons. The van der Waals surface area contributed by atoms with Gasteiger partial charge in [0.2, 0.25) is 0 Å². The molecule has 0 heterocycles. The minimum absolute atomic E-state index is 0.0360. The Morgan fingerprint density at radius 3 is 2.93 bits per heavy atom. The smallest absolute Gasteiger partial charge is 0.307 e. The minimum Gasteiger partial charge on any atom is -0.481 e. The number of rotatable bonds is 3. The lowest BCUT2D eigenvalue weighted by molar-refractivity contribution is -0.135. The van der Waals surface area contributed by atoms with Crippen molar-refractivity contribution in [3.8, 4) is 0 Å². The molecule has 0 saturated heterocycles. The fourth-order valence-electron chi connectivity index (χ4n) is 1.13. The summed E-state index contributed by atoms with van der Waals surface area (Å²) in [6, 6.07) is 5.56. The van der Waals surface area contributed by atoms with Crippen LogP contribution in [0.25, 0.3) is 6.08 Å². The van der Waals surface area contributed by atoms with Crippen LogP contribution in [0.4, 0.5) is 5.69 Å². The van der Waals surface area contributed by atoms with Crippen molar-refractivity contribution in [3.05, 3.63) is 35.4 Å². The number of carboxylic acids is 1. The molecule has 0 aliphatic carbocycles. The molecule has 0 amide bonds. The van der Waals surface area contributed by atoms with Gasteiger partial charge in [-0.15, -0.1) is 0 Å². The summed E-state index contributed by atoms with van der Waals surface area (Å²) in [5.41, 5.74) is 8.34. The molecule has 3 nitrogen and oxygen atoms in total. The number of nitrogen functional groups attached to an aromatic ring is 1. The molecule has 0 spiro atoms. The van der Waals surface area contributed by atoms with Gasteiger partial charge < -0.3 is 10.8 Å². The summed E-state index contributed by atoms with van der Waals surface area (Å²) in [5.74, 6) is -0.831. The number of anilines is 1. The van der Waals surface area contributed by atoms with Crippen LogP contribution in [0.3, 0.4) is 0 Å². The second-order valence-corrected chi connectivity index (χ2v) is 3.12. The van der Waals surface area contributed by atoms with Crippen LogP contribution >= 0.6 is 0 Å². The van der Waals surface area contributed by atoms with Gasteiger partial charge in [-0.25, -0.2) is 0 Å². The van der Waals surface area contributed by atoms with Gasteiger partial charge in [-0.05, 0) is 30.2 Å². The Hall–Kier alpha value is -1.77. The van der Waals surface area contributed by atoms with Crippen LogP contribution in [0.5, 0.6) is 0 Å². The van der Waals surface area contributed by atoms with E-state index in [1.807, 2.05) is 25.1 Å². The van der Waals surface area contributed by atoms with E-state index in [0.717, 1.165) is 11.1 Å². The summed E-state index contributed by atoms with van der Waals surface area (Å²) in [6.45, 7) is 1.96. The normalized spacial score (nSPS) is 10.6. The van der Waals surface area contributed by atoms with E-state index >= 15 is 0 Å². The number of nitrogens with two attached hydrogens (primary N) is 1. The molecule has 0 bridgehead atoms. The highest BCUT2D eigenvalue weighted by Crippen LogP contribution is 2.14. The van der Waals surface area contributed by atoms with Crippen molar-refractivity contribution in [2.24, 2.45) is 0 Å². The third kappa shape index (κ3) is 2.94. The Morgan fingerprint density at radius 2 is 2.29 bits per heavy atom. The Bertz CT molecular complexity index is 370. The zero-order valence-corrected chi connectivity index (χ0v) is 8.03. The maximum absolute atomic E-state index is 10.3. The molecule has 0 aromatic heterocycles. The first kappa shape index (κ1) is 10.3. The number of aliphatic carboxylic acids is 1. The van der Waals surface area contributed by atoms with Gasteiger partial charge in [-0.3, -0.25) is 4.79 Å². The summed E-state index contributed by atoms with van der Waals surface area (Å²) >= 11 is 0. The van der Waals surface area contributed by atoms with E-state index in [1.54, 1.807) is 12.2 Å². The quantitative estimate of drug-likeness (QED) is 0.719. The number of aryl methyl sites for hydroxylation is 1. The molecule has 1 aromatic carbocycles. The molecular formula is C11H13NO2. The lowest BCUT2D eigenvalue weighted by Crippen LogP contribution is -1.90. The molecule has 1 rings (SSSR count). The van der Waals surface area contributed by atoms with Crippen LogP contribution in [0.2, 0.25) is 0 Å². The second-order valence-electron chi connectivity index (χ2n) is 3.12. The maximum atomic E-state index is 10.3. The highest BCUT2D eigenvalue weighted by atomic mass is 16.4. The van der Waals surface area contributed by atoms with Gasteiger partial charge >= 0.3 is 5.97 Å². The van der Waals surface area contributed by atoms with Gasteiger partial charge in [0.05, 0.1) is 6.42 Å². The Morgan fingerprint density at radius 1 is 1.57 bits per heavy atom. The summed E-state index contributed by atoms with van der Waals surface area (Å²) in [6.07, 6.45) is 3.43. The highest BCUT2D eigenvalue weighted by molar-refractivity contribution is 5.71. The van der Waals surface area contributed by atoms with Crippen molar-refractivity contribution in [2.45, 2.75) is 13.3 Å². The first-order chi connectivity index (χ1) is 6.59. The molecule has 74 valence electrons. The van der Waals surface area contributed by atoms with Crippen LogP contribution in [-0.2, 0) is 4.79 Å². The van der Waals surface area contributed by atoms with E-state index in [-0.39, 0.29) is 6.42 Å². The average molecular weight is 191 g/mol. The second kappa shape index (κ2) is 4.46. The van der Waals surface area contributed by atoms with Gasteiger partial charge in [0.15, 0.2) is 0 Å². The fraction of sp³-hybridized carbons (Fsp3) is 0.182. The maximum Gasteiger partial charge on any atom is 0.307 e. The molecule has 0 aliphatic heterocycles. The zero-order chi connectivity index (χ0) is 10.6. The summed E-state index contributed by atoms with van der Waals surface area (Å²) in [7, 11) is 0. The molecule has 0 saturated carbocycles. The third-order valence-electron chi connectivity index (χ3n) is 1.89. The van der Waals surface area contributed by atoms with E-state index in [9.17, 15) is 4.79 Å². The predicted molar refractivity (Wildman–Crippen MR) is 56.9 cm³/mol. The van der Waals surface area contributed by atoms with Gasteiger partial charge in [-0.2, -0.15) is 0 Å². The van der Waals surface area contributed by atoms with E-state index in [4.69, 9.17) is 10.8 Å².